The third-order valence-corrected chi connectivity index (χ3v) is 5.58. The molecule has 1 atom stereocenters. The quantitative estimate of drug-likeness (QED) is 0.713. The molecule has 7 heteroatoms. The lowest BCUT2D eigenvalue weighted by Crippen LogP contribution is -2.34. The summed E-state index contributed by atoms with van der Waals surface area (Å²) in [6.45, 7) is 2.00. The number of urea groups is 1. The van der Waals surface area contributed by atoms with Crippen molar-refractivity contribution in [2.45, 2.75) is 25.3 Å². The molecule has 0 aliphatic carbocycles. The van der Waals surface area contributed by atoms with E-state index in [0.717, 1.165) is 36.3 Å². The molecule has 2 aromatic rings. The number of carbonyl (C=O) groups is 1. The summed E-state index contributed by atoms with van der Waals surface area (Å²) >= 11 is 12.0. The zero-order valence-electron chi connectivity index (χ0n) is 14.7. The van der Waals surface area contributed by atoms with Crippen molar-refractivity contribution in [3.63, 3.8) is 0 Å². The van der Waals surface area contributed by atoms with Crippen molar-refractivity contribution < 1.29 is 14.3 Å². The molecule has 5 nitrogen and oxygen atoms in total. The molecular weight excluding hydrogens is 387 g/mol. The van der Waals surface area contributed by atoms with Crippen LogP contribution >= 0.6 is 23.2 Å². The van der Waals surface area contributed by atoms with E-state index in [1.54, 1.807) is 18.2 Å². The van der Waals surface area contributed by atoms with Crippen molar-refractivity contribution in [1.29, 1.82) is 0 Å². The molecule has 1 N–H and O–H groups in total. The molecule has 142 valence electrons. The summed E-state index contributed by atoms with van der Waals surface area (Å²) < 4.78 is 11.5. The van der Waals surface area contributed by atoms with Gasteiger partial charge in [0.25, 0.3) is 0 Å². The third-order valence-electron chi connectivity index (χ3n) is 4.84. The predicted octanol–water partition coefficient (Wildman–Crippen LogP) is 5.52. The Morgan fingerprint density at radius 1 is 1.00 bits per heavy atom. The van der Waals surface area contributed by atoms with Crippen LogP contribution in [0, 0.1) is 0 Å². The lowest BCUT2D eigenvalue weighted by Gasteiger charge is -2.26. The molecule has 2 aromatic carbocycles. The summed E-state index contributed by atoms with van der Waals surface area (Å²) in [6, 6.07) is 10.9. The monoisotopic (exact) mass is 406 g/mol. The van der Waals surface area contributed by atoms with Crippen LogP contribution in [0.4, 0.5) is 10.5 Å². The van der Waals surface area contributed by atoms with Crippen molar-refractivity contribution in [2.24, 2.45) is 0 Å². The number of rotatable bonds is 2. The number of ether oxygens (including phenoxy) is 2. The summed E-state index contributed by atoms with van der Waals surface area (Å²) in [5, 5.41) is 3.78. The molecule has 0 spiro atoms. The normalized spacial score (nSPS) is 18.9. The van der Waals surface area contributed by atoms with Crippen LogP contribution in [0.1, 0.15) is 30.9 Å². The van der Waals surface area contributed by atoms with Gasteiger partial charge in [-0.3, -0.25) is 0 Å². The number of hydrogen-bond donors (Lipinski definition) is 1. The van der Waals surface area contributed by atoms with Crippen LogP contribution in [0.5, 0.6) is 11.5 Å². The molecule has 2 aliphatic rings. The van der Waals surface area contributed by atoms with Gasteiger partial charge in [-0.1, -0.05) is 29.3 Å². The minimum Gasteiger partial charge on any atom is -0.490 e. The smallest absolute Gasteiger partial charge is 0.322 e. The fourth-order valence-electron chi connectivity index (χ4n) is 3.51. The number of nitrogens with one attached hydrogen (secondary N) is 1. The summed E-state index contributed by atoms with van der Waals surface area (Å²) in [5.74, 6) is 1.52. The highest BCUT2D eigenvalue weighted by atomic mass is 35.5. The molecule has 1 saturated heterocycles. The van der Waals surface area contributed by atoms with E-state index in [9.17, 15) is 4.79 Å². The van der Waals surface area contributed by atoms with E-state index in [1.165, 1.54) is 0 Å². The number of fused-ring (bicyclic) bond motifs is 1. The van der Waals surface area contributed by atoms with E-state index in [-0.39, 0.29) is 12.1 Å². The van der Waals surface area contributed by atoms with Crippen LogP contribution in [-0.2, 0) is 0 Å². The molecule has 0 saturated carbocycles. The van der Waals surface area contributed by atoms with Gasteiger partial charge in [0.1, 0.15) is 0 Å². The van der Waals surface area contributed by atoms with Crippen molar-refractivity contribution in [3.05, 3.63) is 52.0 Å². The molecule has 1 unspecified atom stereocenters. The first-order valence-corrected chi connectivity index (χ1v) is 9.79. The zero-order chi connectivity index (χ0) is 18.8. The van der Waals surface area contributed by atoms with Gasteiger partial charge in [0, 0.05) is 18.7 Å². The Kier molecular flexibility index (Phi) is 5.32. The van der Waals surface area contributed by atoms with E-state index < -0.39 is 0 Å². The van der Waals surface area contributed by atoms with Crippen LogP contribution in [0.25, 0.3) is 0 Å². The third kappa shape index (κ3) is 3.94. The molecule has 0 aromatic heterocycles. The van der Waals surface area contributed by atoms with Crippen molar-refractivity contribution in [3.8, 4) is 11.5 Å². The first-order valence-electron chi connectivity index (χ1n) is 9.04. The minimum absolute atomic E-state index is 0.00456. The molecule has 2 heterocycles. The molecule has 0 bridgehead atoms. The molecule has 4 rings (SSSR count). The van der Waals surface area contributed by atoms with Gasteiger partial charge in [0.2, 0.25) is 0 Å². The standard InChI is InChI=1S/C20H20Cl2N2O3/c21-15-6-5-14(12-16(15)22)23-20(25)24-8-1-3-17(24)13-4-7-18-19(11-13)27-10-2-9-26-18/h4-7,11-12,17H,1-3,8-10H2,(H,23,25). The molecular formula is C20H20Cl2N2O3. The lowest BCUT2D eigenvalue weighted by atomic mass is 10.0. The van der Waals surface area contributed by atoms with E-state index in [4.69, 9.17) is 32.7 Å². The molecule has 27 heavy (non-hydrogen) atoms. The van der Waals surface area contributed by atoms with E-state index >= 15 is 0 Å². The first kappa shape index (κ1) is 18.3. The average molecular weight is 407 g/mol. The summed E-state index contributed by atoms with van der Waals surface area (Å²) in [6.07, 6.45) is 2.73. The van der Waals surface area contributed by atoms with Gasteiger partial charge in [0.15, 0.2) is 11.5 Å². The molecule has 0 radical (unpaired) electrons. The number of carbonyl (C=O) groups excluding carboxylic acids is 1. The Morgan fingerprint density at radius 3 is 2.63 bits per heavy atom. The topological polar surface area (TPSA) is 50.8 Å². The Balaban J connectivity index is 1.52. The number of amides is 2. The van der Waals surface area contributed by atoms with Crippen molar-refractivity contribution in [2.75, 3.05) is 25.1 Å². The van der Waals surface area contributed by atoms with Gasteiger partial charge in [-0.05, 0) is 48.7 Å². The summed E-state index contributed by atoms with van der Waals surface area (Å²) in [7, 11) is 0. The Labute approximate surface area is 168 Å². The predicted molar refractivity (Wildman–Crippen MR) is 106 cm³/mol. The summed E-state index contributed by atoms with van der Waals surface area (Å²) in [5.41, 5.74) is 1.68. The summed E-state index contributed by atoms with van der Waals surface area (Å²) in [4.78, 5) is 14.7. The second-order valence-electron chi connectivity index (χ2n) is 6.67. The minimum atomic E-state index is -0.150. The van der Waals surface area contributed by atoms with E-state index in [0.29, 0.717) is 35.5 Å². The van der Waals surface area contributed by atoms with E-state index in [1.807, 2.05) is 23.1 Å². The average Bonchev–Trinajstić information content (AvgIpc) is 3.04. The highest BCUT2D eigenvalue weighted by molar-refractivity contribution is 6.42. The van der Waals surface area contributed by atoms with Crippen molar-refractivity contribution >= 4 is 34.9 Å². The number of anilines is 1. The Bertz CT molecular complexity index is 859. The Hall–Kier alpha value is -2.11. The highest BCUT2D eigenvalue weighted by Gasteiger charge is 2.31. The number of likely N-dealkylation sites (tertiary alicyclic amines) is 1. The SMILES string of the molecule is O=C(Nc1ccc(Cl)c(Cl)c1)N1CCCC1c1ccc2c(c1)OCCCO2. The number of nitrogens with zero attached hydrogens (tertiary/aromatic N) is 1. The molecule has 1 fully saturated rings. The van der Waals surface area contributed by atoms with Gasteiger partial charge >= 0.3 is 6.03 Å². The maximum absolute atomic E-state index is 12.8. The highest BCUT2D eigenvalue weighted by Crippen LogP contribution is 2.38. The number of benzene rings is 2. The van der Waals surface area contributed by atoms with Crippen LogP contribution in [0.2, 0.25) is 10.0 Å². The van der Waals surface area contributed by atoms with Gasteiger partial charge in [-0.15, -0.1) is 0 Å². The van der Waals surface area contributed by atoms with E-state index in [2.05, 4.69) is 5.32 Å². The lowest BCUT2D eigenvalue weighted by molar-refractivity contribution is 0.207. The fraction of sp³-hybridized carbons (Fsp3) is 0.350. The van der Waals surface area contributed by atoms with Gasteiger partial charge in [0.05, 0.1) is 29.3 Å². The maximum Gasteiger partial charge on any atom is 0.322 e. The van der Waals surface area contributed by atoms with Crippen LogP contribution in [0.3, 0.4) is 0 Å². The number of halogens is 2. The maximum atomic E-state index is 12.8. The number of hydrogen-bond acceptors (Lipinski definition) is 3. The largest absolute Gasteiger partial charge is 0.490 e. The second kappa shape index (κ2) is 7.87. The van der Waals surface area contributed by atoms with Crippen LogP contribution in [-0.4, -0.2) is 30.7 Å². The first-order chi connectivity index (χ1) is 13.1. The van der Waals surface area contributed by atoms with Gasteiger partial charge < -0.3 is 19.7 Å². The van der Waals surface area contributed by atoms with Crippen LogP contribution in [0.15, 0.2) is 36.4 Å². The van der Waals surface area contributed by atoms with Crippen LogP contribution < -0.4 is 14.8 Å². The van der Waals surface area contributed by atoms with Gasteiger partial charge in [-0.25, -0.2) is 4.79 Å². The fourth-order valence-corrected chi connectivity index (χ4v) is 3.81. The molecule has 2 aliphatic heterocycles. The Morgan fingerprint density at radius 2 is 1.81 bits per heavy atom. The van der Waals surface area contributed by atoms with Gasteiger partial charge in [-0.2, -0.15) is 0 Å². The zero-order valence-corrected chi connectivity index (χ0v) is 16.2. The molecule has 2 amide bonds. The van der Waals surface area contributed by atoms with Crippen molar-refractivity contribution in [1.82, 2.24) is 4.90 Å². The second-order valence-corrected chi connectivity index (χ2v) is 7.48.